The summed E-state index contributed by atoms with van der Waals surface area (Å²) in [6.45, 7) is 0.106. The fourth-order valence-electron chi connectivity index (χ4n) is 4.19. The highest BCUT2D eigenvalue weighted by molar-refractivity contribution is 7.89. The number of hydrogen-bond acceptors (Lipinski definition) is 7. The Morgan fingerprint density at radius 3 is 2.55 bits per heavy atom. The summed E-state index contributed by atoms with van der Waals surface area (Å²) in [5.74, 6) is 0.742. The maximum atomic E-state index is 12.9. The summed E-state index contributed by atoms with van der Waals surface area (Å²) in [5.41, 5.74) is 0.712. The molecule has 0 bridgehead atoms. The molecule has 10 heteroatoms. The molecule has 3 aromatic rings. The maximum absolute atomic E-state index is 12.9. The summed E-state index contributed by atoms with van der Waals surface area (Å²) in [7, 11) is -3.70. The Morgan fingerprint density at radius 2 is 1.81 bits per heavy atom. The summed E-state index contributed by atoms with van der Waals surface area (Å²) < 4.78 is 40.7. The Kier molecular flexibility index (Phi) is 5.43. The minimum absolute atomic E-state index is 0.0588. The number of oxazole rings is 1. The number of fused-ring (bicyclic) bond motifs is 1. The zero-order chi connectivity index (χ0) is 21.4. The van der Waals surface area contributed by atoms with Gasteiger partial charge in [-0.05, 0) is 37.8 Å². The summed E-state index contributed by atoms with van der Waals surface area (Å²) in [6, 6.07) is 4.45. The molecule has 2 heterocycles. The van der Waals surface area contributed by atoms with Gasteiger partial charge in [0.15, 0.2) is 11.4 Å². The van der Waals surface area contributed by atoms with Crippen LogP contribution in [-0.2, 0) is 16.6 Å². The van der Waals surface area contributed by atoms with Gasteiger partial charge >= 0.3 is 5.76 Å². The SMILES string of the molecule is O=c1oc2cc(S(=O)(=O)NC3CCCCCCC3)ccc2n1Cc1noc(C2CC2)n1. The van der Waals surface area contributed by atoms with Crippen LogP contribution >= 0.6 is 0 Å². The van der Waals surface area contributed by atoms with E-state index in [1.54, 1.807) is 6.07 Å². The van der Waals surface area contributed by atoms with Crippen molar-refractivity contribution in [1.82, 2.24) is 19.4 Å². The normalized spacial score (nSPS) is 18.8. The zero-order valence-corrected chi connectivity index (χ0v) is 18.1. The number of nitrogens with zero attached hydrogens (tertiary/aromatic N) is 3. The van der Waals surface area contributed by atoms with E-state index in [2.05, 4.69) is 14.9 Å². The molecule has 5 rings (SSSR count). The number of benzene rings is 1. The first-order valence-electron chi connectivity index (χ1n) is 11.0. The molecule has 2 saturated carbocycles. The molecule has 2 aliphatic carbocycles. The van der Waals surface area contributed by atoms with E-state index in [0.29, 0.717) is 23.1 Å². The number of nitrogens with one attached hydrogen (secondary N) is 1. The third-order valence-corrected chi connectivity index (χ3v) is 7.61. The van der Waals surface area contributed by atoms with Crippen LogP contribution in [0, 0.1) is 0 Å². The third-order valence-electron chi connectivity index (χ3n) is 6.09. The molecule has 0 atom stereocenters. The van der Waals surface area contributed by atoms with Crippen molar-refractivity contribution in [2.24, 2.45) is 0 Å². The molecule has 1 N–H and O–H groups in total. The van der Waals surface area contributed by atoms with E-state index >= 15 is 0 Å². The van der Waals surface area contributed by atoms with Crippen LogP contribution in [0.2, 0.25) is 0 Å². The summed E-state index contributed by atoms with van der Waals surface area (Å²) in [5, 5.41) is 3.94. The molecule has 2 aromatic heterocycles. The van der Waals surface area contributed by atoms with Crippen molar-refractivity contribution >= 4 is 21.1 Å². The van der Waals surface area contributed by atoms with Crippen molar-refractivity contribution in [3.63, 3.8) is 0 Å². The van der Waals surface area contributed by atoms with Crippen LogP contribution in [-0.4, -0.2) is 29.2 Å². The van der Waals surface area contributed by atoms with Gasteiger partial charge in [-0.3, -0.25) is 4.57 Å². The Labute approximate surface area is 179 Å². The van der Waals surface area contributed by atoms with Crippen molar-refractivity contribution in [3.05, 3.63) is 40.5 Å². The molecule has 0 aliphatic heterocycles. The molecule has 1 aromatic carbocycles. The fraction of sp³-hybridized carbons (Fsp3) is 0.571. The molecule has 0 saturated heterocycles. The molecule has 166 valence electrons. The average Bonchev–Trinajstić information content (AvgIpc) is 3.38. The molecule has 0 unspecified atom stereocenters. The second kappa shape index (κ2) is 8.23. The molecular weight excluding hydrogens is 420 g/mol. The molecule has 0 amide bonds. The Hall–Kier alpha value is -2.46. The molecule has 2 fully saturated rings. The second-order valence-corrected chi connectivity index (χ2v) is 10.3. The lowest BCUT2D eigenvalue weighted by atomic mass is 9.97. The van der Waals surface area contributed by atoms with E-state index < -0.39 is 15.8 Å². The number of hydrogen-bond donors (Lipinski definition) is 1. The van der Waals surface area contributed by atoms with Gasteiger partial charge in [0.25, 0.3) is 0 Å². The zero-order valence-electron chi connectivity index (χ0n) is 17.2. The lowest BCUT2D eigenvalue weighted by Crippen LogP contribution is -2.35. The minimum Gasteiger partial charge on any atom is -0.408 e. The smallest absolute Gasteiger partial charge is 0.408 e. The van der Waals surface area contributed by atoms with Crippen molar-refractivity contribution < 1.29 is 17.4 Å². The van der Waals surface area contributed by atoms with Gasteiger partial charge in [-0.15, -0.1) is 0 Å². The molecule has 31 heavy (non-hydrogen) atoms. The van der Waals surface area contributed by atoms with Crippen LogP contribution in [0.15, 0.2) is 36.8 Å². The maximum Gasteiger partial charge on any atom is 0.420 e. The largest absolute Gasteiger partial charge is 0.420 e. The highest BCUT2D eigenvalue weighted by Gasteiger charge is 2.30. The number of sulfonamides is 1. The van der Waals surface area contributed by atoms with Gasteiger partial charge in [0, 0.05) is 18.0 Å². The monoisotopic (exact) mass is 446 g/mol. The van der Waals surface area contributed by atoms with Crippen LogP contribution in [0.3, 0.4) is 0 Å². The van der Waals surface area contributed by atoms with Crippen molar-refractivity contribution in [3.8, 4) is 0 Å². The van der Waals surface area contributed by atoms with E-state index in [1.165, 1.54) is 23.1 Å². The number of rotatable bonds is 6. The molecule has 0 spiro atoms. The average molecular weight is 447 g/mol. The second-order valence-electron chi connectivity index (χ2n) is 8.57. The van der Waals surface area contributed by atoms with Crippen molar-refractivity contribution in [1.29, 1.82) is 0 Å². The Balaban J connectivity index is 1.37. The summed E-state index contributed by atoms with van der Waals surface area (Å²) >= 11 is 0. The predicted molar refractivity (Wildman–Crippen MR) is 112 cm³/mol. The predicted octanol–water partition coefficient (Wildman–Crippen LogP) is 3.29. The van der Waals surface area contributed by atoms with Gasteiger partial charge < -0.3 is 8.94 Å². The van der Waals surface area contributed by atoms with Gasteiger partial charge in [-0.1, -0.05) is 37.3 Å². The van der Waals surface area contributed by atoms with Crippen molar-refractivity contribution in [2.75, 3.05) is 0 Å². The van der Waals surface area contributed by atoms with Crippen LogP contribution in [0.5, 0.6) is 0 Å². The first-order chi connectivity index (χ1) is 15.0. The van der Waals surface area contributed by atoms with Crippen LogP contribution in [0.25, 0.3) is 11.1 Å². The highest BCUT2D eigenvalue weighted by Crippen LogP contribution is 2.38. The molecular formula is C21H26N4O5S. The van der Waals surface area contributed by atoms with Crippen molar-refractivity contribution in [2.45, 2.75) is 81.2 Å². The van der Waals surface area contributed by atoms with E-state index in [-0.39, 0.29) is 23.1 Å². The standard InChI is InChI=1S/C21H26N4O5S/c26-21-25(13-19-22-20(30-23-19)14-8-9-14)17-11-10-16(12-18(17)29-21)31(27,28)24-15-6-4-2-1-3-5-7-15/h10-12,14-15,24H,1-9,13H2. The Morgan fingerprint density at radius 1 is 1.06 bits per heavy atom. The third kappa shape index (κ3) is 4.45. The van der Waals surface area contributed by atoms with Gasteiger partial charge in [-0.25, -0.2) is 17.9 Å². The van der Waals surface area contributed by atoms with Crippen LogP contribution in [0.1, 0.15) is 75.4 Å². The minimum atomic E-state index is -3.70. The van der Waals surface area contributed by atoms with Gasteiger partial charge in [0.1, 0.15) is 0 Å². The molecule has 9 nitrogen and oxygen atoms in total. The lowest BCUT2D eigenvalue weighted by molar-refractivity contribution is 0.372. The quantitative estimate of drug-likeness (QED) is 0.617. The van der Waals surface area contributed by atoms with Gasteiger partial charge in [-0.2, -0.15) is 4.98 Å². The number of aromatic nitrogens is 3. The van der Waals surface area contributed by atoms with E-state index in [9.17, 15) is 13.2 Å². The van der Waals surface area contributed by atoms with Gasteiger partial charge in [0.2, 0.25) is 15.9 Å². The summed E-state index contributed by atoms with van der Waals surface area (Å²) in [4.78, 5) is 16.8. The van der Waals surface area contributed by atoms with Gasteiger partial charge in [0.05, 0.1) is 17.0 Å². The topological polar surface area (TPSA) is 120 Å². The lowest BCUT2D eigenvalue weighted by Gasteiger charge is -2.20. The Bertz CT molecular complexity index is 1230. The molecule has 0 radical (unpaired) electrons. The van der Waals surface area contributed by atoms with E-state index in [1.807, 2.05) is 0 Å². The first-order valence-corrected chi connectivity index (χ1v) is 12.5. The first kappa shape index (κ1) is 20.4. The molecule has 2 aliphatic rings. The summed E-state index contributed by atoms with van der Waals surface area (Å²) in [6.07, 6.45) is 9.35. The highest BCUT2D eigenvalue weighted by atomic mass is 32.2. The van der Waals surface area contributed by atoms with E-state index in [4.69, 9.17) is 8.94 Å². The van der Waals surface area contributed by atoms with Crippen LogP contribution < -0.4 is 10.5 Å². The fourth-order valence-corrected chi connectivity index (χ4v) is 5.51. The van der Waals surface area contributed by atoms with Crippen LogP contribution in [0.4, 0.5) is 0 Å². The van der Waals surface area contributed by atoms with E-state index in [0.717, 1.165) is 51.4 Å².